The molecule has 0 amide bonds. The summed E-state index contributed by atoms with van der Waals surface area (Å²) in [6.45, 7) is 3.82. The SMILES string of the molecule is CNc1cc(C)c(S(=O)(=O)NCc2cnn(C)c2)c(C)c1. The highest BCUT2D eigenvalue weighted by Crippen LogP contribution is 2.24. The Morgan fingerprint density at radius 1 is 1.24 bits per heavy atom. The minimum absolute atomic E-state index is 0.225. The molecule has 2 aromatic rings. The lowest BCUT2D eigenvalue weighted by Gasteiger charge is -2.13. The van der Waals surface area contributed by atoms with Gasteiger partial charge < -0.3 is 5.32 Å². The Labute approximate surface area is 125 Å². The monoisotopic (exact) mass is 308 g/mol. The van der Waals surface area contributed by atoms with E-state index in [2.05, 4.69) is 15.1 Å². The summed E-state index contributed by atoms with van der Waals surface area (Å²) < 4.78 is 29.3. The van der Waals surface area contributed by atoms with Gasteiger partial charge in [0.1, 0.15) is 0 Å². The Hall–Kier alpha value is -1.86. The largest absolute Gasteiger partial charge is 0.388 e. The summed E-state index contributed by atoms with van der Waals surface area (Å²) in [6, 6.07) is 3.65. The van der Waals surface area contributed by atoms with E-state index in [9.17, 15) is 8.42 Å². The number of sulfonamides is 1. The fourth-order valence-electron chi connectivity index (χ4n) is 2.33. The van der Waals surface area contributed by atoms with Crippen molar-refractivity contribution in [2.24, 2.45) is 7.05 Å². The van der Waals surface area contributed by atoms with Crippen molar-refractivity contribution >= 4 is 15.7 Å². The molecule has 0 aliphatic rings. The van der Waals surface area contributed by atoms with E-state index in [-0.39, 0.29) is 6.54 Å². The van der Waals surface area contributed by atoms with Crippen molar-refractivity contribution in [1.29, 1.82) is 0 Å². The molecule has 0 fully saturated rings. The Morgan fingerprint density at radius 3 is 2.33 bits per heavy atom. The van der Waals surface area contributed by atoms with Gasteiger partial charge in [0.25, 0.3) is 0 Å². The summed E-state index contributed by atoms with van der Waals surface area (Å²) in [5.74, 6) is 0. The van der Waals surface area contributed by atoms with E-state index in [1.54, 1.807) is 38.0 Å². The van der Waals surface area contributed by atoms with E-state index in [0.717, 1.165) is 22.4 Å². The summed E-state index contributed by atoms with van der Waals surface area (Å²) in [5.41, 5.74) is 3.16. The zero-order valence-electron chi connectivity index (χ0n) is 12.6. The van der Waals surface area contributed by atoms with Gasteiger partial charge in [0.05, 0.1) is 11.1 Å². The molecule has 0 saturated carbocycles. The van der Waals surface area contributed by atoms with Crippen molar-refractivity contribution in [3.05, 3.63) is 41.2 Å². The van der Waals surface area contributed by atoms with Crippen molar-refractivity contribution < 1.29 is 8.42 Å². The van der Waals surface area contributed by atoms with Crippen LogP contribution in [0.3, 0.4) is 0 Å². The molecule has 7 heteroatoms. The number of rotatable bonds is 5. The second-order valence-corrected chi connectivity index (χ2v) is 6.74. The number of nitrogens with one attached hydrogen (secondary N) is 2. The Morgan fingerprint density at radius 2 is 1.86 bits per heavy atom. The second kappa shape index (κ2) is 5.87. The van der Waals surface area contributed by atoms with Crippen LogP contribution in [-0.4, -0.2) is 25.2 Å². The number of benzene rings is 1. The molecule has 0 radical (unpaired) electrons. The third-order valence-electron chi connectivity index (χ3n) is 3.24. The number of hydrogen-bond acceptors (Lipinski definition) is 4. The van der Waals surface area contributed by atoms with Gasteiger partial charge in [-0.3, -0.25) is 4.68 Å². The molecule has 1 aromatic heterocycles. The zero-order chi connectivity index (χ0) is 15.6. The molecule has 0 spiro atoms. The zero-order valence-corrected chi connectivity index (χ0v) is 13.5. The van der Waals surface area contributed by atoms with E-state index < -0.39 is 10.0 Å². The van der Waals surface area contributed by atoms with Crippen molar-refractivity contribution in [3.8, 4) is 0 Å². The summed E-state index contributed by atoms with van der Waals surface area (Å²) in [4.78, 5) is 0.338. The average molecular weight is 308 g/mol. The molecule has 21 heavy (non-hydrogen) atoms. The minimum Gasteiger partial charge on any atom is -0.388 e. The molecule has 0 atom stereocenters. The lowest BCUT2D eigenvalue weighted by molar-refractivity contribution is 0.580. The van der Waals surface area contributed by atoms with Crippen LogP contribution in [0.5, 0.6) is 0 Å². The second-order valence-electron chi connectivity index (χ2n) is 5.04. The number of aryl methyl sites for hydroxylation is 3. The fraction of sp³-hybridized carbons (Fsp3) is 0.357. The lowest BCUT2D eigenvalue weighted by atomic mass is 10.1. The first-order chi connectivity index (χ1) is 9.83. The summed E-state index contributed by atoms with van der Waals surface area (Å²) in [5, 5.41) is 7.04. The van der Waals surface area contributed by atoms with Crippen molar-refractivity contribution in [1.82, 2.24) is 14.5 Å². The number of aromatic nitrogens is 2. The molecule has 114 valence electrons. The van der Waals surface area contributed by atoms with Crippen molar-refractivity contribution in [2.75, 3.05) is 12.4 Å². The Bertz CT molecular complexity index is 727. The van der Waals surface area contributed by atoms with Crippen LogP contribution in [0.1, 0.15) is 16.7 Å². The van der Waals surface area contributed by atoms with Gasteiger partial charge in [-0.15, -0.1) is 0 Å². The Balaban J connectivity index is 2.27. The van der Waals surface area contributed by atoms with Crippen LogP contribution < -0.4 is 10.0 Å². The van der Waals surface area contributed by atoms with Gasteiger partial charge in [-0.1, -0.05) is 0 Å². The van der Waals surface area contributed by atoms with Crippen LogP contribution in [0, 0.1) is 13.8 Å². The molecule has 0 unspecified atom stereocenters. The molecule has 0 bridgehead atoms. The van der Waals surface area contributed by atoms with Gasteiger partial charge in [-0.2, -0.15) is 5.10 Å². The number of anilines is 1. The van der Waals surface area contributed by atoms with Crippen LogP contribution in [0.2, 0.25) is 0 Å². The maximum absolute atomic E-state index is 12.5. The molecule has 0 aliphatic heterocycles. The van der Waals surface area contributed by atoms with E-state index in [0.29, 0.717) is 4.90 Å². The maximum Gasteiger partial charge on any atom is 0.241 e. The van der Waals surface area contributed by atoms with Gasteiger partial charge in [0.15, 0.2) is 0 Å². The summed E-state index contributed by atoms with van der Waals surface area (Å²) >= 11 is 0. The molecule has 6 nitrogen and oxygen atoms in total. The van der Waals surface area contributed by atoms with Gasteiger partial charge in [0, 0.05) is 38.1 Å². The first-order valence-electron chi connectivity index (χ1n) is 6.59. The quantitative estimate of drug-likeness (QED) is 0.879. The van der Waals surface area contributed by atoms with E-state index >= 15 is 0 Å². The highest BCUT2D eigenvalue weighted by Gasteiger charge is 2.20. The third-order valence-corrected chi connectivity index (χ3v) is 4.95. The molecule has 1 heterocycles. The van der Waals surface area contributed by atoms with Crippen LogP contribution in [0.4, 0.5) is 5.69 Å². The number of nitrogens with zero attached hydrogens (tertiary/aromatic N) is 2. The summed E-state index contributed by atoms with van der Waals surface area (Å²) in [6.07, 6.45) is 3.43. The van der Waals surface area contributed by atoms with Gasteiger partial charge in [-0.25, -0.2) is 13.1 Å². The predicted molar refractivity (Wildman–Crippen MR) is 82.7 cm³/mol. The number of hydrogen-bond donors (Lipinski definition) is 2. The molecule has 0 saturated heterocycles. The lowest BCUT2D eigenvalue weighted by Crippen LogP contribution is -2.24. The smallest absolute Gasteiger partial charge is 0.241 e. The highest BCUT2D eigenvalue weighted by molar-refractivity contribution is 7.89. The average Bonchev–Trinajstić information content (AvgIpc) is 2.81. The molecule has 2 rings (SSSR count). The van der Waals surface area contributed by atoms with Crippen LogP contribution in [-0.2, 0) is 23.6 Å². The first kappa shape index (κ1) is 15.5. The van der Waals surface area contributed by atoms with Crippen molar-refractivity contribution in [2.45, 2.75) is 25.3 Å². The fourth-order valence-corrected chi connectivity index (χ4v) is 3.80. The van der Waals surface area contributed by atoms with Gasteiger partial charge in [-0.05, 0) is 37.1 Å². The molecular weight excluding hydrogens is 288 g/mol. The first-order valence-corrected chi connectivity index (χ1v) is 8.08. The standard InChI is InChI=1S/C14H20N4O2S/c1-10-5-13(15-3)6-11(2)14(10)21(19,20)17-8-12-7-16-18(4)9-12/h5-7,9,15,17H,8H2,1-4H3. The highest BCUT2D eigenvalue weighted by atomic mass is 32.2. The van der Waals surface area contributed by atoms with Gasteiger partial charge in [0.2, 0.25) is 10.0 Å². The molecule has 2 N–H and O–H groups in total. The maximum atomic E-state index is 12.5. The van der Waals surface area contributed by atoms with E-state index in [1.165, 1.54) is 0 Å². The summed E-state index contributed by atoms with van der Waals surface area (Å²) in [7, 11) is 0.0526. The minimum atomic E-state index is -3.55. The van der Waals surface area contributed by atoms with Crippen molar-refractivity contribution in [3.63, 3.8) is 0 Å². The normalized spacial score (nSPS) is 11.6. The predicted octanol–water partition coefficient (Wildman–Crippen LogP) is 1.56. The van der Waals surface area contributed by atoms with Gasteiger partial charge >= 0.3 is 0 Å². The third kappa shape index (κ3) is 3.43. The molecule has 1 aromatic carbocycles. The van der Waals surface area contributed by atoms with E-state index in [1.807, 2.05) is 19.2 Å². The van der Waals surface area contributed by atoms with Crippen LogP contribution in [0.15, 0.2) is 29.4 Å². The topological polar surface area (TPSA) is 76.0 Å². The van der Waals surface area contributed by atoms with E-state index in [4.69, 9.17) is 0 Å². The molecular formula is C14H20N4O2S. The van der Waals surface area contributed by atoms with Crippen LogP contribution in [0.25, 0.3) is 0 Å². The molecule has 0 aliphatic carbocycles. The Kier molecular flexibility index (Phi) is 4.34. The van der Waals surface area contributed by atoms with Crippen LogP contribution >= 0.6 is 0 Å².